The number of anilines is 1. The van der Waals surface area contributed by atoms with Crippen molar-refractivity contribution in [2.45, 2.75) is 52.4 Å². The topological polar surface area (TPSA) is 26.0 Å². The highest BCUT2D eigenvalue weighted by Gasteiger charge is 2.18. The number of benzene rings is 2. The van der Waals surface area contributed by atoms with E-state index in [1.54, 1.807) is 0 Å². The Morgan fingerprint density at radius 1 is 0.714 bits per heavy atom. The third-order valence-electron chi connectivity index (χ3n) is 3.92. The molecule has 0 heterocycles. The molecule has 0 amide bonds. The Morgan fingerprint density at radius 2 is 1.33 bits per heavy atom. The summed E-state index contributed by atoms with van der Waals surface area (Å²) in [5, 5.41) is 0. The van der Waals surface area contributed by atoms with E-state index in [2.05, 4.69) is 77.9 Å². The lowest BCUT2D eigenvalue weighted by Gasteiger charge is -2.23. The Kier molecular flexibility index (Phi) is 3.88. The van der Waals surface area contributed by atoms with Crippen LogP contribution in [0.5, 0.6) is 0 Å². The van der Waals surface area contributed by atoms with E-state index in [-0.39, 0.29) is 10.8 Å². The van der Waals surface area contributed by atoms with Gasteiger partial charge in [0.05, 0.1) is 0 Å². The second-order valence-corrected chi connectivity index (χ2v) is 7.88. The molecule has 2 rings (SSSR count). The van der Waals surface area contributed by atoms with Crippen LogP contribution in [-0.2, 0) is 10.8 Å². The molecule has 0 fully saturated rings. The summed E-state index contributed by atoms with van der Waals surface area (Å²) in [6, 6.07) is 15.2. The van der Waals surface area contributed by atoms with Gasteiger partial charge in [-0.2, -0.15) is 0 Å². The van der Waals surface area contributed by atoms with Gasteiger partial charge in [-0.25, -0.2) is 0 Å². The zero-order chi connectivity index (χ0) is 15.8. The Labute approximate surface area is 129 Å². The van der Waals surface area contributed by atoms with E-state index < -0.39 is 0 Å². The molecule has 0 saturated heterocycles. The number of nitrogen functional groups attached to an aromatic ring is 1. The van der Waals surface area contributed by atoms with Crippen LogP contribution in [0.1, 0.15) is 52.7 Å². The van der Waals surface area contributed by atoms with E-state index in [0.29, 0.717) is 0 Å². The molecule has 0 aliphatic rings. The minimum atomic E-state index is 0.0573. The average Bonchev–Trinajstić information content (AvgIpc) is 2.37. The molecule has 0 aliphatic heterocycles. The Morgan fingerprint density at radius 3 is 1.90 bits per heavy atom. The fraction of sp³-hybridized carbons (Fsp3) is 0.400. The molecule has 2 aromatic rings. The second-order valence-electron chi connectivity index (χ2n) is 7.88. The van der Waals surface area contributed by atoms with Crippen molar-refractivity contribution < 1.29 is 0 Å². The summed E-state index contributed by atoms with van der Waals surface area (Å²) in [5.74, 6) is 0. The maximum Gasteiger partial charge on any atom is 0.0352 e. The molecule has 2 N–H and O–H groups in total. The number of nitrogens with two attached hydrogens (primary N) is 1. The predicted molar refractivity (Wildman–Crippen MR) is 93.7 cm³/mol. The normalized spacial score (nSPS) is 12.5. The van der Waals surface area contributed by atoms with Crippen LogP contribution in [0.3, 0.4) is 0 Å². The van der Waals surface area contributed by atoms with Gasteiger partial charge in [-0.1, -0.05) is 71.9 Å². The van der Waals surface area contributed by atoms with E-state index in [0.717, 1.165) is 5.69 Å². The van der Waals surface area contributed by atoms with E-state index in [1.165, 1.54) is 22.3 Å². The van der Waals surface area contributed by atoms with Crippen molar-refractivity contribution in [3.63, 3.8) is 0 Å². The molecule has 0 spiro atoms. The highest BCUT2D eigenvalue weighted by atomic mass is 14.6. The first kappa shape index (κ1) is 15.6. The largest absolute Gasteiger partial charge is 0.398 e. The summed E-state index contributed by atoms with van der Waals surface area (Å²) in [6.07, 6.45) is 0. The van der Waals surface area contributed by atoms with Crippen LogP contribution in [0.2, 0.25) is 0 Å². The number of hydrogen-bond acceptors (Lipinski definition) is 1. The molecule has 0 atom stereocenters. The van der Waals surface area contributed by atoms with Crippen LogP contribution in [-0.4, -0.2) is 0 Å². The monoisotopic (exact) mass is 281 g/mol. The van der Waals surface area contributed by atoms with Crippen molar-refractivity contribution in [1.29, 1.82) is 0 Å². The molecule has 0 radical (unpaired) electrons. The van der Waals surface area contributed by atoms with Crippen molar-refractivity contribution in [3.05, 3.63) is 53.6 Å². The summed E-state index contributed by atoms with van der Waals surface area (Å²) >= 11 is 0. The quantitative estimate of drug-likeness (QED) is 0.683. The smallest absolute Gasteiger partial charge is 0.0352 e. The minimum Gasteiger partial charge on any atom is -0.398 e. The maximum atomic E-state index is 6.15. The molecule has 21 heavy (non-hydrogen) atoms. The summed E-state index contributed by atoms with van der Waals surface area (Å²) < 4.78 is 0. The third kappa shape index (κ3) is 3.47. The molecule has 0 aliphatic carbocycles. The van der Waals surface area contributed by atoms with Gasteiger partial charge >= 0.3 is 0 Å². The van der Waals surface area contributed by atoms with Crippen molar-refractivity contribution >= 4 is 5.69 Å². The fourth-order valence-electron chi connectivity index (χ4n) is 2.55. The highest BCUT2D eigenvalue weighted by Crippen LogP contribution is 2.33. The van der Waals surface area contributed by atoms with Gasteiger partial charge in [-0.05, 0) is 45.2 Å². The van der Waals surface area contributed by atoms with Gasteiger partial charge in [0.1, 0.15) is 0 Å². The number of hydrogen-bond donors (Lipinski definition) is 1. The molecule has 0 unspecified atom stereocenters. The standard InChI is InChI=1S/C20H27N/c1-19(2,3)16-9-7-8-14(12-16)15-10-11-18(21)17(13-15)20(4,5)6/h7-13H,21H2,1-6H3. The van der Waals surface area contributed by atoms with Crippen LogP contribution >= 0.6 is 0 Å². The van der Waals surface area contributed by atoms with Gasteiger partial charge < -0.3 is 5.73 Å². The summed E-state index contributed by atoms with van der Waals surface area (Å²) in [7, 11) is 0. The van der Waals surface area contributed by atoms with Gasteiger partial charge in [-0.3, -0.25) is 0 Å². The lowest BCUT2D eigenvalue weighted by atomic mass is 9.82. The second kappa shape index (κ2) is 5.22. The molecular formula is C20H27N. The molecule has 1 nitrogen and oxygen atoms in total. The first-order valence-corrected chi connectivity index (χ1v) is 7.60. The Balaban J connectivity index is 2.53. The van der Waals surface area contributed by atoms with Crippen LogP contribution in [0.4, 0.5) is 5.69 Å². The molecule has 0 aromatic heterocycles. The van der Waals surface area contributed by atoms with E-state index >= 15 is 0 Å². The first-order chi connectivity index (χ1) is 9.59. The van der Waals surface area contributed by atoms with Gasteiger partial charge in [0.15, 0.2) is 0 Å². The van der Waals surface area contributed by atoms with E-state index in [4.69, 9.17) is 5.73 Å². The fourth-order valence-corrected chi connectivity index (χ4v) is 2.55. The molecule has 0 bridgehead atoms. The minimum absolute atomic E-state index is 0.0573. The first-order valence-electron chi connectivity index (χ1n) is 7.60. The van der Waals surface area contributed by atoms with Crippen LogP contribution in [0.25, 0.3) is 11.1 Å². The van der Waals surface area contributed by atoms with Crippen molar-refractivity contribution in [2.75, 3.05) is 5.73 Å². The average molecular weight is 281 g/mol. The summed E-state index contributed by atoms with van der Waals surface area (Å²) in [6.45, 7) is 13.3. The molecule has 112 valence electrons. The third-order valence-corrected chi connectivity index (χ3v) is 3.92. The van der Waals surface area contributed by atoms with E-state index in [9.17, 15) is 0 Å². The summed E-state index contributed by atoms with van der Waals surface area (Å²) in [4.78, 5) is 0. The number of rotatable bonds is 1. The zero-order valence-corrected chi connectivity index (χ0v) is 14.1. The Hall–Kier alpha value is -1.76. The van der Waals surface area contributed by atoms with E-state index in [1.807, 2.05) is 6.07 Å². The van der Waals surface area contributed by atoms with Gasteiger partial charge in [0.25, 0.3) is 0 Å². The van der Waals surface area contributed by atoms with Gasteiger partial charge in [-0.15, -0.1) is 0 Å². The lowest BCUT2D eigenvalue weighted by molar-refractivity contribution is 0.590. The van der Waals surface area contributed by atoms with Crippen LogP contribution in [0, 0.1) is 0 Å². The molecule has 1 heteroatoms. The maximum absolute atomic E-state index is 6.15. The SMILES string of the molecule is CC(C)(C)c1cccc(-c2ccc(N)c(C(C)(C)C)c2)c1. The lowest BCUT2D eigenvalue weighted by Crippen LogP contribution is -2.14. The van der Waals surface area contributed by atoms with Crippen LogP contribution in [0.15, 0.2) is 42.5 Å². The summed E-state index contributed by atoms with van der Waals surface area (Å²) in [5.41, 5.74) is 12.3. The van der Waals surface area contributed by atoms with Crippen molar-refractivity contribution in [2.24, 2.45) is 0 Å². The zero-order valence-electron chi connectivity index (χ0n) is 14.1. The van der Waals surface area contributed by atoms with Crippen molar-refractivity contribution in [3.8, 4) is 11.1 Å². The van der Waals surface area contributed by atoms with Crippen molar-refractivity contribution in [1.82, 2.24) is 0 Å². The Bertz CT molecular complexity index is 640. The van der Waals surface area contributed by atoms with Gasteiger partial charge in [0.2, 0.25) is 0 Å². The molecule has 2 aromatic carbocycles. The highest BCUT2D eigenvalue weighted by molar-refractivity contribution is 5.69. The van der Waals surface area contributed by atoms with Gasteiger partial charge in [0, 0.05) is 5.69 Å². The molecular weight excluding hydrogens is 254 g/mol. The predicted octanol–water partition coefficient (Wildman–Crippen LogP) is 5.53. The molecule has 0 saturated carbocycles. The van der Waals surface area contributed by atoms with Crippen LogP contribution < -0.4 is 5.73 Å².